The number of carbonyl (C=O) groups is 1. The van der Waals surface area contributed by atoms with Crippen LogP contribution in [-0.2, 0) is 11.3 Å². The number of nitrogens with zero attached hydrogens (tertiary/aromatic N) is 2. The summed E-state index contributed by atoms with van der Waals surface area (Å²) in [7, 11) is 0. The van der Waals surface area contributed by atoms with Gasteiger partial charge in [0.2, 0.25) is 6.79 Å². The predicted molar refractivity (Wildman–Crippen MR) is 101 cm³/mol. The molecule has 142 valence electrons. The van der Waals surface area contributed by atoms with E-state index in [1.54, 1.807) is 0 Å². The van der Waals surface area contributed by atoms with Crippen LogP contribution in [0.3, 0.4) is 0 Å². The molecule has 0 bridgehead atoms. The maximum atomic E-state index is 13.1. The highest BCUT2D eigenvalue weighted by Gasteiger charge is 2.23. The number of ether oxygens (including phenoxy) is 3. The molecule has 0 spiro atoms. The summed E-state index contributed by atoms with van der Waals surface area (Å²) in [5.41, 5.74) is 1.67. The Morgan fingerprint density at radius 1 is 1.00 bits per heavy atom. The second-order valence-corrected chi connectivity index (χ2v) is 6.70. The minimum Gasteiger partial charge on any atom is -0.454 e. The zero-order valence-corrected chi connectivity index (χ0v) is 15.3. The van der Waals surface area contributed by atoms with E-state index in [9.17, 15) is 4.79 Å². The molecule has 1 saturated heterocycles. The monoisotopic (exact) mass is 368 g/mol. The zero-order valence-electron chi connectivity index (χ0n) is 15.3. The smallest absolute Gasteiger partial charge is 0.254 e. The summed E-state index contributed by atoms with van der Waals surface area (Å²) in [4.78, 5) is 17.4. The molecule has 2 aromatic rings. The number of morpholine rings is 1. The Labute approximate surface area is 159 Å². The molecule has 4 rings (SSSR count). The van der Waals surface area contributed by atoms with E-state index in [0.717, 1.165) is 49.9 Å². The highest BCUT2D eigenvalue weighted by atomic mass is 16.7. The molecular weight excluding hydrogens is 344 g/mol. The first-order valence-corrected chi connectivity index (χ1v) is 9.33. The summed E-state index contributed by atoms with van der Waals surface area (Å²) in [6.07, 6.45) is 0. The maximum absolute atomic E-state index is 13.1. The van der Waals surface area contributed by atoms with Crippen molar-refractivity contribution in [2.45, 2.75) is 6.54 Å². The van der Waals surface area contributed by atoms with Gasteiger partial charge in [-0.05, 0) is 18.2 Å². The number of hydrogen-bond acceptors (Lipinski definition) is 5. The first kappa shape index (κ1) is 17.8. The van der Waals surface area contributed by atoms with Crippen molar-refractivity contribution < 1.29 is 19.0 Å². The second kappa shape index (κ2) is 8.41. The molecule has 27 heavy (non-hydrogen) atoms. The van der Waals surface area contributed by atoms with Crippen molar-refractivity contribution in [3.8, 4) is 11.5 Å². The van der Waals surface area contributed by atoms with Gasteiger partial charge in [0.1, 0.15) is 0 Å². The van der Waals surface area contributed by atoms with Crippen molar-refractivity contribution in [2.24, 2.45) is 0 Å². The summed E-state index contributed by atoms with van der Waals surface area (Å²) >= 11 is 0. The van der Waals surface area contributed by atoms with E-state index in [1.165, 1.54) is 0 Å². The lowest BCUT2D eigenvalue weighted by Crippen LogP contribution is -2.42. The van der Waals surface area contributed by atoms with Crippen LogP contribution in [0.4, 0.5) is 0 Å². The quantitative estimate of drug-likeness (QED) is 0.784. The molecule has 0 N–H and O–H groups in total. The van der Waals surface area contributed by atoms with Crippen LogP contribution >= 0.6 is 0 Å². The number of fused-ring (bicyclic) bond motifs is 1. The molecule has 2 aromatic carbocycles. The predicted octanol–water partition coefficient (Wildman–Crippen LogP) is 2.39. The first-order valence-electron chi connectivity index (χ1n) is 9.33. The van der Waals surface area contributed by atoms with E-state index in [0.29, 0.717) is 18.7 Å². The maximum Gasteiger partial charge on any atom is 0.254 e. The Balaban J connectivity index is 1.52. The molecule has 2 heterocycles. The van der Waals surface area contributed by atoms with Crippen molar-refractivity contribution in [2.75, 3.05) is 46.2 Å². The minimum atomic E-state index is 0.0281. The van der Waals surface area contributed by atoms with Crippen LogP contribution < -0.4 is 9.47 Å². The second-order valence-electron chi connectivity index (χ2n) is 6.70. The molecule has 0 radical (unpaired) electrons. The lowest BCUT2D eigenvalue weighted by molar-refractivity contribution is 0.0320. The number of rotatable bonds is 6. The third kappa shape index (κ3) is 4.23. The van der Waals surface area contributed by atoms with Gasteiger partial charge in [0, 0.05) is 43.9 Å². The lowest BCUT2D eigenvalue weighted by atomic mass is 10.1. The fourth-order valence-electron chi connectivity index (χ4n) is 3.42. The van der Waals surface area contributed by atoms with Crippen LogP contribution in [0.5, 0.6) is 11.5 Å². The lowest BCUT2D eigenvalue weighted by Gasteiger charge is -2.30. The third-order valence-electron chi connectivity index (χ3n) is 4.94. The zero-order chi connectivity index (χ0) is 18.5. The van der Waals surface area contributed by atoms with Gasteiger partial charge in [-0.2, -0.15) is 0 Å². The molecule has 0 aromatic heterocycles. The van der Waals surface area contributed by atoms with E-state index in [2.05, 4.69) is 4.90 Å². The fraction of sp³-hybridized carbons (Fsp3) is 0.381. The topological polar surface area (TPSA) is 51.2 Å². The Bertz CT molecular complexity index is 775. The van der Waals surface area contributed by atoms with Gasteiger partial charge in [-0.1, -0.05) is 30.3 Å². The number of hydrogen-bond donors (Lipinski definition) is 0. The molecule has 0 atom stereocenters. The van der Waals surface area contributed by atoms with Crippen LogP contribution in [-0.4, -0.2) is 61.9 Å². The van der Waals surface area contributed by atoms with Crippen LogP contribution in [0.25, 0.3) is 0 Å². The van der Waals surface area contributed by atoms with Crippen molar-refractivity contribution in [1.29, 1.82) is 0 Å². The number of amides is 1. The third-order valence-corrected chi connectivity index (χ3v) is 4.94. The van der Waals surface area contributed by atoms with Crippen LogP contribution in [0.1, 0.15) is 15.9 Å². The summed E-state index contributed by atoms with van der Waals surface area (Å²) in [5, 5.41) is 0. The summed E-state index contributed by atoms with van der Waals surface area (Å²) in [6, 6.07) is 15.3. The van der Waals surface area contributed by atoms with Crippen molar-refractivity contribution >= 4 is 5.91 Å². The molecule has 0 unspecified atom stereocenters. The highest BCUT2D eigenvalue weighted by Crippen LogP contribution is 2.36. The number of para-hydroxylation sites is 1. The Morgan fingerprint density at radius 2 is 1.81 bits per heavy atom. The van der Waals surface area contributed by atoms with E-state index in [1.807, 2.05) is 53.4 Å². The van der Waals surface area contributed by atoms with Gasteiger partial charge in [-0.15, -0.1) is 0 Å². The largest absolute Gasteiger partial charge is 0.454 e. The van der Waals surface area contributed by atoms with E-state index >= 15 is 0 Å². The number of carbonyl (C=O) groups excluding carboxylic acids is 1. The standard InChI is InChI=1S/C21H24N2O4/c24-21(17-5-2-1-3-6-17)23(10-9-22-11-13-25-14-12-22)15-18-7-4-8-19-20(18)27-16-26-19/h1-8H,9-16H2. The molecule has 6 nitrogen and oxygen atoms in total. The van der Waals surface area contributed by atoms with Crippen LogP contribution in [0.2, 0.25) is 0 Å². The molecule has 1 amide bonds. The van der Waals surface area contributed by atoms with Gasteiger partial charge >= 0.3 is 0 Å². The molecule has 0 aliphatic carbocycles. The van der Waals surface area contributed by atoms with Crippen LogP contribution in [0.15, 0.2) is 48.5 Å². The molecule has 2 aliphatic rings. The van der Waals surface area contributed by atoms with Gasteiger partial charge in [0.25, 0.3) is 5.91 Å². The van der Waals surface area contributed by atoms with Crippen LogP contribution in [0, 0.1) is 0 Å². The minimum absolute atomic E-state index is 0.0281. The average molecular weight is 368 g/mol. The molecule has 6 heteroatoms. The summed E-state index contributed by atoms with van der Waals surface area (Å²) < 4.78 is 16.5. The first-order chi connectivity index (χ1) is 13.3. The van der Waals surface area contributed by atoms with Gasteiger partial charge in [0.15, 0.2) is 11.5 Å². The molecular formula is C21H24N2O4. The van der Waals surface area contributed by atoms with Crippen molar-refractivity contribution in [1.82, 2.24) is 9.80 Å². The normalized spacial score (nSPS) is 16.3. The van der Waals surface area contributed by atoms with Gasteiger partial charge < -0.3 is 19.1 Å². The van der Waals surface area contributed by atoms with Gasteiger partial charge in [0.05, 0.1) is 13.2 Å². The number of benzene rings is 2. The van der Waals surface area contributed by atoms with E-state index in [-0.39, 0.29) is 12.7 Å². The fourth-order valence-corrected chi connectivity index (χ4v) is 3.42. The molecule has 1 fully saturated rings. The van der Waals surface area contributed by atoms with Crippen molar-refractivity contribution in [3.05, 3.63) is 59.7 Å². The van der Waals surface area contributed by atoms with E-state index in [4.69, 9.17) is 14.2 Å². The van der Waals surface area contributed by atoms with Gasteiger partial charge in [-0.25, -0.2) is 0 Å². The summed E-state index contributed by atoms with van der Waals surface area (Å²) in [6.45, 7) is 5.52. The Kier molecular flexibility index (Phi) is 5.55. The average Bonchev–Trinajstić information content (AvgIpc) is 3.22. The van der Waals surface area contributed by atoms with Crippen molar-refractivity contribution in [3.63, 3.8) is 0 Å². The summed E-state index contributed by atoms with van der Waals surface area (Å²) in [5.74, 6) is 1.52. The Hall–Kier alpha value is -2.57. The molecule has 2 aliphatic heterocycles. The Morgan fingerprint density at radius 3 is 2.63 bits per heavy atom. The van der Waals surface area contributed by atoms with Gasteiger partial charge in [-0.3, -0.25) is 9.69 Å². The highest BCUT2D eigenvalue weighted by molar-refractivity contribution is 5.94. The SMILES string of the molecule is O=C(c1ccccc1)N(CCN1CCOCC1)Cc1cccc2c1OCO2. The molecule has 0 saturated carbocycles. The van der Waals surface area contributed by atoms with E-state index < -0.39 is 0 Å².